The molecule has 8 nitrogen and oxygen atoms in total. The van der Waals surface area contributed by atoms with Gasteiger partial charge in [-0.05, 0) is 6.92 Å². The first-order valence-electron chi connectivity index (χ1n) is 6.59. The van der Waals surface area contributed by atoms with Crippen molar-refractivity contribution in [1.29, 1.82) is 0 Å². The highest BCUT2D eigenvalue weighted by atomic mass is 19.1. The predicted molar refractivity (Wildman–Crippen MR) is 73.5 cm³/mol. The Hall–Kier alpha value is -2.06. The summed E-state index contributed by atoms with van der Waals surface area (Å²) in [6.07, 6.45) is -5.04. The zero-order valence-corrected chi connectivity index (χ0v) is 12.0. The summed E-state index contributed by atoms with van der Waals surface area (Å²) >= 11 is 0. The summed E-state index contributed by atoms with van der Waals surface area (Å²) in [6, 6.07) is 0. The van der Waals surface area contributed by atoms with Gasteiger partial charge in [-0.3, -0.25) is 14.3 Å². The Morgan fingerprint density at radius 3 is 2.83 bits per heavy atom. The van der Waals surface area contributed by atoms with Crippen molar-refractivity contribution in [3.8, 4) is 11.8 Å². The van der Waals surface area contributed by atoms with Gasteiger partial charge >= 0.3 is 5.69 Å². The predicted octanol–water partition coefficient (Wildman–Crippen LogP) is -2.01. The minimum atomic E-state index is -2.00. The van der Waals surface area contributed by atoms with Crippen LogP contribution in [0.3, 0.4) is 0 Å². The van der Waals surface area contributed by atoms with Crippen molar-refractivity contribution in [2.75, 3.05) is 6.67 Å². The maximum absolute atomic E-state index is 13.5. The van der Waals surface area contributed by atoms with E-state index in [1.807, 2.05) is 5.92 Å². The van der Waals surface area contributed by atoms with Crippen molar-refractivity contribution in [3.05, 3.63) is 32.9 Å². The zero-order valence-electron chi connectivity index (χ0n) is 12.0. The van der Waals surface area contributed by atoms with Crippen molar-refractivity contribution >= 4 is 0 Å². The van der Waals surface area contributed by atoms with Crippen LogP contribution >= 0.6 is 0 Å². The molecule has 0 aliphatic carbocycles. The number of halogens is 2. The number of aromatic amines is 1. The van der Waals surface area contributed by atoms with Gasteiger partial charge in [-0.25, -0.2) is 9.18 Å². The van der Waals surface area contributed by atoms with E-state index in [0.29, 0.717) is 10.8 Å². The number of rotatable bonds is 2. The Kier molecular flexibility index (Phi) is 4.67. The lowest BCUT2D eigenvalue weighted by molar-refractivity contribution is -0.0781. The van der Waals surface area contributed by atoms with E-state index in [4.69, 9.17) is 10.5 Å². The van der Waals surface area contributed by atoms with E-state index in [0.717, 1.165) is 0 Å². The molecule has 0 aromatic carbocycles. The molecule has 0 bridgehead atoms. The van der Waals surface area contributed by atoms with Crippen molar-refractivity contribution in [2.24, 2.45) is 5.73 Å². The molecule has 10 heteroatoms. The number of alkyl halides is 1. The van der Waals surface area contributed by atoms with Crippen LogP contribution < -0.4 is 17.0 Å². The molecule has 126 valence electrons. The van der Waals surface area contributed by atoms with Crippen molar-refractivity contribution < 1.29 is 23.7 Å². The molecule has 1 unspecified atom stereocenters. The van der Waals surface area contributed by atoms with E-state index in [1.54, 1.807) is 4.98 Å². The second kappa shape index (κ2) is 6.21. The third-order valence-corrected chi connectivity index (χ3v) is 3.52. The lowest BCUT2D eigenvalue weighted by Crippen LogP contribution is -2.55. The van der Waals surface area contributed by atoms with Crippen LogP contribution in [0.2, 0.25) is 0 Å². The Bertz CT molecular complexity index is 765. The molecule has 5 atom stereocenters. The molecule has 1 fully saturated rings. The van der Waals surface area contributed by atoms with Crippen molar-refractivity contribution in [2.45, 2.75) is 37.0 Å². The molecule has 5 N–H and O–H groups in total. The first-order chi connectivity index (χ1) is 10.7. The second-order valence-corrected chi connectivity index (χ2v) is 5.15. The fourth-order valence-corrected chi connectivity index (χ4v) is 2.38. The fourth-order valence-electron chi connectivity index (χ4n) is 2.38. The van der Waals surface area contributed by atoms with Gasteiger partial charge in [0.25, 0.3) is 5.56 Å². The molecular weight excluding hydrogens is 316 g/mol. The summed E-state index contributed by atoms with van der Waals surface area (Å²) in [5, 5.41) is 19.9. The van der Waals surface area contributed by atoms with E-state index in [9.17, 15) is 28.6 Å². The third kappa shape index (κ3) is 2.91. The number of H-pyrrole nitrogens is 1. The number of aromatic nitrogens is 2. The summed E-state index contributed by atoms with van der Waals surface area (Å²) in [6.45, 7) is 0.224. The number of nitrogens with two attached hydrogens (primary N) is 1. The molecule has 1 aliphatic rings. The van der Waals surface area contributed by atoms with Crippen LogP contribution in [0.5, 0.6) is 0 Å². The molecule has 0 saturated carbocycles. The van der Waals surface area contributed by atoms with Crippen LogP contribution in [0.1, 0.15) is 13.2 Å². The maximum Gasteiger partial charge on any atom is 0.330 e. The van der Waals surface area contributed by atoms with Gasteiger partial charge in [0.15, 0.2) is 11.8 Å². The molecule has 0 amide bonds. The van der Waals surface area contributed by atoms with E-state index < -0.39 is 53.8 Å². The van der Waals surface area contributed by atoms with E-state index >= 15 is 0 Å². The molecule has 2 heterocycles. The topological polar surface area (TPSA) is 131 Å². The molecule has 1 aliphatic heterocycles. The number of aliphatic hydroxyl groups excluding tert-OH is 2. The number of aliphatic hydroxyl groups is 2. The first kappa shape index (κ1) is 17.3. The minimum Gasteiger partial charge on any atom is -0.391 e. The maximum atomic E-state index is 13.5. The highest BCUT2D eigenvalue weighted by Crippen LogP contribution is 2.36. The van der Waals surface area contributed by atoms with Crippen LogP contribution in [0.25, 0.3) is 0 Å². The van der Waals surface area contributed by atoms with E-state index in [1.165, 1.54) is 6.92 Å². The Morgan fingerprint density at radius 2 is 2.26 bits per heavy atom. The lowest BCUT2D eigenvalue weighted by Gasteiger charge is -2.27. The average molecular weight is 331 g/mol. The van der Waals surface area contributed by atoms with Crippen molar-refractivity contribution in [3.63, 3.8) is 0 Å². The van der Waals surface area contributed by atoms with Crippen LogP contribution in [0, 0.1) is 17.7 Å². The van der Waals surface area contributed by atoms with Gasteiger partial charge < -0.3 is 20.7 Å². The van der Waals surface area contributed by atoms with Crippen LogP contribution in [-0.2, 0) is 4.74 Å². The van der Waals surface area contributed by atoms with Gasteiger partial charge in [-0.1, -0.05) is 11.8 Å². The van der Waals surface area contributed by atoms with Crippen molar-refractivity contribution in [1.82, 2.24) is 9.55 Å². The fraction of sp³-hybridized carbons (Fsp3) is 0.538. The molecule has 1 saturated heterocycles. The Labute approximate surface area is 128 Å². The number of hydrogen-bond acceptors (Lipinski definition) is 6. The third-order valence-electron chi connectivity index (χ3n) is 3.52. The summed E-state index contributed by atoms with van der Waals surface area (Å²) < 4.78 is 31.7. The Morgan fingerprint density at radius 1 is 1.61 bits per heavy atom. The first-order valence-corrected chi connectivity index (χ1v) is 6.59. The highest BCUT2D eigenvalue weighted by Gasteiger charge is 2.55. The second-order valence-electron chi connectivity index (χ2n) is 5.15. The molecule has 23 heavy (non-hydrogen) atoms. The number of hydrogen-bond donors (Lipinski definition) is 4. The van der Waals surface area contributed by atoms with Gasteiger partial charge in [0, 0.05) is 0 Å². The highest BCUT2D eigenvalue weighted by molar-refractivity contribution is 5.26. The quantitative estimate of drug-likeness (QED) is 0.463. The molecule has 1 aromatic rings. The molecule has 0 spiro atoms. The lowest BCUT2D eigenvalue weighted by atomic mass is 9.90. The van der Waals surface area contributed by atoms with E-state index in [2.05, 4.69) is 5.92 Å². The SMILES string of the molecule is C[C@@H](O)[C@H]1O[C@@H](n2cc(F)c(=O)[nH]c2=O)C(N)(C#CCF)[C@H]1O. The van der Waals surface area contributed by atoms with Crippen LogP contribution in [0.4, 0.5) is 8.78 Å². The number of nitrogens with one attached hydrogen (secondary N) is 1. The van der Waals surface area contributed by atoms with Gasteiger partial charge in [0.1, 0.15) is 18.9 Å². The smallest absolute Gasteiger partial charge is 0.330 e. The molecule has 2 rings (SSSR count). The zero-order chi connectivity index (χ0) is 17.4. The van der Waals surface area contributed by atoms with Crippen LogP contribution in [-0.4, -0.2) is 50.3 Å². The number of ether oxygens (including phenoxy) is 1. The summed E-state index contributed by atoms with van der Waals surface area (Å²) in [7, 11) is 0. The molecular formula is C13H15F2N3O5. The summed E-state index contributed by atoms with van der Waals surface area (Å²) in [5.41, 5.74) is 1.65. The minimum absolute atomic E-state index is 0.543. The summed E-state index contributed by atoms with van der Waals surface area (Å²) in [4.78, 5) is 24.7. The largest absolute Gasteiger partial charge is 0.391 e. The van der Waals surface area contributed by atoms with Gasteiger partial charge in [0.2, 0.25) is 5.82 Å². The standard InChI is InChI=1S/C13H15F2N3O5/c1-6(19)8-9(20)13(16,3-2-4-14)11(23-8)18-5-7(15)10(21)17-12(18)22/h5-6,8-9,11,19-20H,4,16H2,1H3,(H,17,21,22)/t6-,8-,9+,11-,13?/m1/s1. The van der Waals surface area contributed by atoms with Gasteiger partial charge in [-0.2, -0.15) is 4.39 Å². The van der Waals surface area contributed by atoms with Gasteiger partial charge in [-0.15, -0.1) is 0 Å². The number of nitrogens with zero attached hydrogens (tertiary/aromatic N) is 1. The monoisotopic (exact) mass is 331 g/mol. The van der Waals surface area contributed by atoms with Crippen LogP contribution in [0.15, 0.2) is 15.8 Å². The average Bonchev–Trinajstić information content (AvgIpc) is 2.74. The molecule has 0 radical (unpaired) electrons. The molecule has 1 aromatic heterocycles. The Balaban J connectivity index is 2.61. The summed E-state index contributed by atoms with van der Waals surface area (Å²) in [5.74, 6) is 2.98. The van der Waals surface area contributed by atoms with E-state index in [-0.39, 0.29) is 0 Å². The van der Waals surface area contributed by atoms with Gasteiger partial charge in [0.05, 0.1) is 12.3 Å². The normalized spacial score (nSPS) is 31.5.